The molecule has 2 atom stereocenters. The van der Waals surface area contributed by atoms with Crippen LogP contribution in [-0.4, -0.2) is 31.7 Å². The Balaban J connectivity index is 1.53. The van der Waals surface area contributed by atoms with Gasteiger partial charge in [-0.3, -0.25) is 4.79 Å². The van der Waals surface area contributed by atoms with Gasteiger partial charge in [-0.15, -0.1) is 0 Å². The van der Waals surface area contributed by atoms with Crippen molar-refractivity contribution in [2.24, 2.45) is 5.92 Å². The minimum atomic E-state index is -3.47. The summed E-state index contributed by atoms with van der Waals surface area (Å²) < 4.78 is 32.2. The quantitative estimate of drug-likeness (QED) is 0.631. The number of rotatable bonds is 9. The highest BCUT2D eigenvalue weighted by atomic mass is 32.2. The highest BCUT2D eigenvalue weighted by molar-refractivity contribution is 7.89. The van der Waals surface area contributed by atoms with Crippen LogP contribution in [0.3, 0.4) is 0 Å². The monoisotopic (exact) mass is 416 g/mol. The predicted molar refractivity (Wildman–Crippen MR) is 113 cm³/mol. The average molecular weight is 417 g/mol. The summed E-state index contributed by atoms with van der Waals surface area (Å²) in [6.07, 6.45) is 4.26. The van der Waals surface area contributed by atoms with E-state index in [-0.39, 0.29) is 10.8 Å². The molecule has 1 aliphatic rings. The number of furan rings is 1. The Kier molecular flexibility index (Phi) is 6.59. The van der Waals surface area contributed by atoms with Crippen molar-refractivity contribution in [3.63, 3.8) is 0 Å². The number of carbonyl (C=O) groups is 1. The summed E-state index contributed by atoms with van der Waals surface area (Å²) in [5.74, 6) is 2.61. The number of hydrogen-bond acceptors (Lipinski definition) is 4. The maximum atomic E-state index is 12.5. The topological polar surface area (TPSA) is 79.6 Å². The van der Waals surface area contributed by atoms with Crippen LogP contribution < -0.4 is 5.32 Å². The van der Waals surface area contributed by atoms with E-state index in [1.165, 1.54) is 10.4 Å². The zero-order chi connectivity index (χ0) is 21.0. The van der Waals surface area contributed by atoms with Gasteiger partial charge in [-0.1, -0.05) is 32.9 Å². The van der Waals surface area contributed by atoms with Gasteiger partial charge in [0.25, 0.3) is 0 Å². The van der Waals surface area contributed by atoms with E-state index in [1.807, 2.05) is 26.0 Å². The van der Waals surface area contributed by atoms with Crippen LogP contribution in [0.4, 0.5) is 0 Å². The number of sulfonamides is 1. The van der Waals surface area contributed by atoms with Crippen molar-refractivity contribution >= 4 is 22.0 Å². The van der Waals surface area contributed by atoms with Gasteiger partial charge in [0.1, 0.15) is 11.5 Å². The number of nitrogens with zero attached hydrogens (tertiary/aromatic N) is 1. The molecule has 0 spiro atoms. The lowest BCUT2D eigenvalue weighted by Gasteiger charge is -2.18. The summed E-state index contributed by atoms with van der Waals surface area (Å²) in [5.41, 5.74) is 0.827. The molecule has 0 bridgehead atoms. The van der Waals surface area contributed by atoms with Gasteiger partial charge < -0.3 is 9.73 Å². The summed E-state index contributed by atoms with van der Waals surface area (Å²) in [6, 6.07) is 10.4. The Morgan fingerprint density at radius 1 is 1.17 bits per heavy atom. The fourth-order valence-corrected chi connectivity index (χ4v) is 4.73. The number of hydrogen-bond donors (Lipinski definition) is 1. The molecule has 1 fully saturated rings. The number of amides is 1. The molecular formula is C22H28N2O4S. The van der Waals surface area contributed by atoms with Crippen LogP contribution in [0.5, 0.6) is 0 Å². The second kappa shape index (κ2) is 8.97. The molecule has 29 heavy (non-hydrogen) atoms. The Morgan fingerprint density at radius 2 is 1.83 bits per heavy atom. The molecule has 1 N–H and O–H groups in total. The first kappa shape index (κ1) is 21.3. The molecule has 0 radical (unpaired) electrons. The molecule has 1 aliphatic carbocycles. The zero-order valence-electron chi connectivity index (χ0n) is 17.1. The normalized spacial score (nSPS) is 19.0. The summed E-state index contributed by atoms with van der Waals surface area (Å²) in [4.78, 5) is 12.3. The molecule has 1 saturated carbocycles. The van der Waals surface area contributed by atoms with Crippen LogP contribution in [0.2, 0.25) is 0 Å². The molecule has 0 unspecified atom stereocenters. The summed E-state index contributed by atoms with van der Waals surface area (Å²) >= 11 is 0. The van der Waals surface area contributed by atoms with E-state index in [9.17, 15) is 13.2 Å². The van der Waals surface area contributed by atoms with Crippen LogP contribution in [0.1, 0.15) is 50.2 Å². The smallest absolute Gasteiger partial charge is 0.244 e. The molecule has 7 heteroatoms. The first-order valence-corrected chi connectivity index (χ1v) is 11.4. The van der Waals surface area contributed by atoms with E-state index in [1.54, 1.807) is 30.3 Å². The molecule has 2 aromatic rings. The molecule has 6 nitrogen and oxygen atoms in total. The molecule has 1 amide bonds. The lowest BCUT2D eigenvalue weighted by atomic mass is 10.2. The Morgan fingerprint density at radius 3 is 2.41 bits per heavy atom. The second-order valence-corrected chi connectivity index (χ2v) is 9.28. The van der Waals surface area contributed by atoms with Gasteiger partial charge in [-0.05, 0) is 48.2 Å². The average Bonchev–Trinajstić information content (AvgIpc) is 3.25. The zero-order valence-corrected chi connectivity index (χ0v) is 17.9. The van der Waals surface area contributed by atoms with Crippen molar-refractivity contribution in [3.05, 3.63) is 59.6 Å². The molecule has 1 aromatic carbocycles. The fraction of sp³-hybridized carbons (Fsp3) is 0.409. The van der Waals surface area contributed by atoms with Crippen molar-refractivity contribution < 1.29 is 17.6 Å². The molecule has 3 rings (SSSR count). The van der Waals surface area contributed by atoms with E-state index in [4.69, 9.17) is 4.42 Å². The third-order valence-corrected chi connectivity index (χ3v) is 7.32. The summed E-state index contributed by atoms with van der Waals surface area (Å²) in [7, 11) is -3.47. The minimum absolute atomic E-state index is 0.234. The van der Waals surface area contributed by atoms with E-state index in [0.717, 1.165) is 17.7 Å². The van der Waals surface area contributed by atoms with Crippen molar-refractivity contribution in [3.8, 4) is 0 Å². The Labute approximate surface area is 172 Å². The molecule has 0 aliphatic heterocycles. The highest BCUT2D eigenvalue weighted by Crippen LogP contribution is 2.47. The van der Waals surface area contributed by atoms with Gasteiger partial charge in [0.05, 0.1) is 4.90 Å². The van der Waals surface area contributed by atoms with Gasteiger partial charge in [-0.2, -0.15) is 4.31 Å². The second-order valence-electron chi connectivity index (χ2n) is 7.34. The maximum Gasteiger partial charge on any atom is 0.244 e. The SMILES string of the molecule is CCN(CC)S(=O)(=O)c1ccc(CNC(=O)/C=C/c2ccc([C@H]3C[C@H]3C)o2)cc1. The standard InChI is InChI=1S/C22H28N2O4S/c1-4-24(5-2)29(26,27)19-10-6-17(7-11-19)15-23-22(25)13-9-18-8-12-21(28-18)20-14-16(20)3/h6-13,16,20H,4-5,14-15H2,1-3H3,(H,23,25)/b13-9+/t16-,20+/m1/s1. The molecule has 1 heterocycles. The Bertz CT molecular complexity index is 972. The Hall–Kier alpha value is -2.38. The van der Waals surface area contributed by atoms with E-state index in [0.29, 0.717) is 37.2 Å². The van der Waals surface area contributed by atoms with E-state index in [2.05, 4.69) is 12.2 Å². The van der Waals surface area contributed by atoms with Gasteiger partial charge in [-0.25, -0.2) is 8.42 Å². The van der Waals surface area contributed by atoms with Gasteiger partial charge in [0.15, 0.2) is 0 Å². The number of benzene rings is 1. The van der Waals surface area contributed by atoms with Gasteiger partial charge >= 0.3 is 0 Å². The van der Waals surface area contributed by atoms with E-state index < -0.39 is 10.0 Å². The van der Waals surface area contributed by atoms with Crippen LogP contribution >= 0.6 is 0 Å². The third-order valence-electron chi connectivity index (χ3n) is 5.25. The molecule has 0 saturated heterocycles. The van der Waals surface area contributed by atoms with Crippen molar-refractivity contribution in [1.29, 1.82) is 0 Å². The van der Waals surface area contributed by atoms with Crippen LogP contribution in [0, 0.1) is 5.92 Å². The van der Waals surface area contributed by atoms with Gasteiger partial charge in [0, 0.05) is 31.6 Å². The molecular weight excluding hydrogens is 388 g/mol. The first-order chi connectivity index (χ1) is 13.8. The van der Waals surface area contributed by atoms with Crippen molar-refractivity contribution in [2.75, 3.05) is 13.1 Å². The third kappa shape index (κ3) is 5.16. The first-order valence-electron chi connectivity index (χ1n) is 9.99. The predicted octanol–water partition coefficient (Wildman–Crippen LogP) is 3.76. The van der Waals surface area contributed by atoms with Crippen LogP contribution in [0.25, 0.3) is 6.08 Å². The molecule has 156 valence electrons. The lowest BCUT2D eigenvalue weighted by molar-refractivity contribution is -0.116. The van der Waals surface area contributed by atoms with E-state index >= 15 is 0 Å². The van der Waals surface area contributed by atoms with Crippen LogP contribution in [-0.2, 0) is 21.4 Å². The van der Waals surface area contributed by atoms with Crippen molar-refractivity contribution in [2.45, 2.75) is 44.6 Å². The van der Waals surface area contributed by atoms with Crippen LogP contribution in [0.15, 0.2) is 51.8 Å². The number of carbonyl (C=O) groups excluding carboxylic acids is 1. The number of nitrogens with one attached hydrogen (secondary N) is 1. The summed E-state index contributed by atoms with van der Waals surface area (Å²) in [5, 5.41) is 2.79. The minimum Gasteiger partial charge on any atom is -0.461 e. The summed E-state index contributed by atoms with van der Waals surface area (Å²) in [6.45, 7) is 7.00. The van der Waals surface area contributed by atoms with Gasteiger partial charge in [0.2, 0.25) is 15.9 Å². The van der Waals surface area contributed by atoms with Crippen molar-refractivity contribution in [1.82, 2.24) is 9.62 Å². The fourth-order valence-electron chi connectivity index (χ4n) is 3.27. The molecule has 1 aromatic heterocycles. The lowest BCUT2D eigenvalue weighted by Crippen LogP contribution is -2.30. The maximum absolute atomic E-state index is 12.5. The largest absolute Gasteiger partial charge is 0.461 e. The highest BCUT2D eigenvalue weighted by Gasteiger charge is 2.36.